The maximum atomic E-state index is 11.3. The number of hydrogen-bond acceptors (Lipinski definition) is 3. The van der Waals surface area contributed by atoms with E-state index in [2.05, 4.69) is 46.5 Å². The van der Waals surface area contributed by atoms with Crippen molar-refractivity contribution < 1.29 is 14.3 Å². The molecular formula is C14H31NO3SSi. The summed E-state index contributed by atoms with van der Waals surface area (Å²) in [6.07, 6.45) is -0.913. The third-order valence-corrected chi connectivity index (χ3v) is 8.69. The molecule has 20 heavy (non-hydrogen) atoms. The highest BCUT2D eigenvalue weighted by molar-refractivity contribution is 7.81. The first-order valence-electron chi connectivity index (χ1n) is 7.01. The van der Waals surface area contributed by atoms with Crippen LogP contribution < -0.4 is 0 Å². The normalized spacial score (nSPS) is 15.1. The predicted molar refractivity (Wildman–Crippen MR) is 90.4 cm³/mol. The molecule has 0 fully saturated rings. The molecule has 0 heterocycles. The van der Waals surface area contributed by atoms with Crippen LogP contribution in [0.3, 0.4) is 0 Å². The maximum absolute atomic E-state index is 11.3. The quantitative estimate of drug-likeness (QED) is 0.592. The van der Waals surface area contributed by atoms with E-state index in [1.54, 1.807) is 0 Å². The van der Waals surface area contributed by atoms with Crippen LogP contribution >= 0.6 is 12.6 Å². The van der Waals surface area contributed by atoms with E-state index in [1.807, 2.05) is 20.8 Å². The largest absolute Gasteiger partial charge is 0.465 e. The predicted octanol–water partition coefficient (Wildman–Crippen LogP) is 4.09. The van der Waals surface area contributed by atoms with Gasteiger partial charge in [-0.05, 0) is 38.9 Å². The van der Waals surface area contributed by atoms with Gasteiger partial charge < -0.3 is 14.4 Å². The summed E-state index contributed by atoms with van der Waals surface area (Å²) in [5.41, 5.74) is -0.427. The molecule has 1 atom stereocenters. The van der Waals surface area contributed by atoms with Crippen molar-refractivity contribution in [3.63, 3.8) is 0 Å². The standard InChI is InChI=1S/C14H31NO3SSi/c1-13(2,3)15(12(16)17)9-11(19)10-18-20(7,8)14(4,5)6/h11,19H,9-10H2,1-8H3,(H,16,17). The summed E-state index contributed by atoms with van der Waals surface area (Å²) in [4.78, 5) is 12.7. The number of amides is 1. The first-order chi connectivity index (χ1) is 8.68. The van der Waals surface area contributed by atoms with Gasteiger partial charge in [0.1, 0.15) is 0 Å². The lowest BCUT2D eigenvalue weighted by atomic mass is 10.1. The van der Waals surface area contributed by atoms with Crippen molar-refractivity contribution in [1.29, 1.82) is 0 Å². The molecule has 1 N–H and O–H groups in total. The van der Waals surface area contributed by atoms with Gasteiger partial charge in [0, 0.05) is 23.9 Å². The molecule has 0 aliphatic carbocycles. The zero-order valence-electron chi connectivity index (χ0n) is 14.1. The van der Waals surface area contributed by atoms with E-state index in [-0.39, 0.29) is 10.3 Å². The Kier molecular flexibility index (Phi) is 6.64. The van der Waals surface area contributed by atoms with Crippen molar-refractivity contribution >= 4 is 27.0 Å². The number of thiol groups is 1. The highest BCUT2D eigenvalue weighted by Gasteiger charge is 2.37. The highest BCUT2D eigenvalue weighted by Crippen LogP contribution is 2.36. The molecule has 0 saturated heterocycles. The maximum Gasteiger partial charge on any atom is 0.407 e. The van der Waals surface area contributed by atoms with E-state index in [0.717, 1.165) is 0 Å². The molecule has 120 valence electrons. The van der Waals surface area contributed by atoms with Gasteiger partial charge >= 0.3 is 6.09 Å². The zero-order chi connectivity index (χ0) is 16.4. The van der Waals surface area contributed by atoms with Crippen LogP contribution in [0.15, 0.2) is 0 Å². The van der Waals surface area contributed by atoms with Crippen LogP contribution in [0, 0.1) is 0 Å². The average molecular weight is 322 g/mol. The zero-order valence-corrected chi connectivity index (χ0v) is 16.0. The van der Waals surface area contributed by atoms with E-state index in [0.29, 0.717) is 13.2 Å². The molecule has 0 aromatic carbocycles. The monoisotopic (exact) mass is 321 g/mol. The molecule has 6 heteroatoms. The third-order valence-electron chi connectivity index (χ3n) is 3.88. The van der Waals surface area contributed by atoms with Crippen LogP contribution in [0.1, 0.15) is 41.5 Å². The Morgan fingerprint density at radius 1 is 1.25 bits per heavy atom. The Morgan fingerprint density at radius 2 is 1.70 bits per heavy atom. The summed E-state index contributed by atoms with van der Waals surface area (Å²) in [6, 6.07) is 0. The second-order valence-corrected chi connectivity index (χ2v) is 13.3. The molecule has 0 aliphatic rings. The van der Waals surface area contributed by atoms with Gasteiger partial charge in [0.2, 0.25) is 0 Å². The smallest absolute Gasteiger partial charge is 0.407 e. The molecule has 1 unspecified atom stereocenters. The van der Waals surface area contributed by atoms with Gasteiger partial charge in [0.05, 0.1) is 0 Å². The Morgan fingerprint density at radius 3 is 2.00 bits per heavy atom. The number of hydrogen-bond donors (Lipinski definition) is 2. The summed E-state index contributed by atoms with van der Waals surface area (Å²) in [6.45, 7) is 17.4. The lowest BCUT2D eigenvalue weighted by Crippen LogP contribution is -2.49. The molecule has 0 spiro atoms. The summed E-state index contributed by atoms with van der Waals surface area (Å²) < 4.78 is 6.09. The van der Waals surface area contributed by atoms with Crippen molar-refractivity contribution in [2.75, 3.05) is 13.2 Å². The lowest BCUT2D eigenvalue weighted by molar-refractivity contribution is 0.0972. The molecule has 0 aromatic rings. The summed E-state index contributed by atoms with van der Waals surface area (Å²) in [5, 5.41) is 9.31. The molecule has 0 aliphatic heterocycles. The van der Waals surface area contributed by atoms with Gasteiger partial charge in [-0.15, -0.1) is 0 Å². The van der Waals surface area contributed by atoms with Crippen LogP contribution in [0.25, 0.3) is 0 Å². The van der Waals surface area contributed by atoms with Crippen LogP contribution in [-0.4, -0.2) is 48.4 Å². The van der Waals surface area contributed by atoms with Crippen molar-refractivity contribution in [3.05, 3.63) is 0 Å². The van der Waals surface area contributed by atoms with Crippen molar-refractivity contribution in [2.45, 2.75) is 70.5 Å². The minimum Gasteiger partial charge on any atom is -0.465 e. The van der Waals surface area contributed by atoms with E-state index in [9.17, 15) is 9.90 Å². The van der Waals surface area contributed by atoms with E-state index in [4.69, 9.17) is 4.43 Å². The Hall–Kier alpha value is -0.203. The summed E-state index contributed by atoms with van der Waals surface area (Å²) in [7, 11) is -1.81. The SMILES string of the molecule is CC(C)(C)N(CC(S)CO[Si](C)(C)C(C)(C)C)C(=O)O. The fourth-order valence-electron chi connectivity index (χ4n) is 1.42. The fraction of sp³-hybridized carbons (Fsp3) is 0.929. The Balaban J connectivity index is 4.57. The molecule has 0 bridgehead atoms. The molecule has 1 amide bonds. The number of carboxylic acid groups (broad SMARTS) is 1. The molecule has 0 aromatic heterocycles. The molecule has 4 nitrogen and oxygen atoms in total. The fourth-order valence-corrected chi connectivity index (χ4v) is 2.85. The Bertz CT molecular complexity index is 334. The topological polar surface area (TPSA) is 49.8 Å². The minimum absolute atomic E-state index is 0.112. The van der Waals surface area contributed by atoms with E-state index in [1.165, 1.54) is 4.90 Å². The first kappa shape index (κ1) is 19.8. The summed E-state index contributed by atoms with van der Waals surface area (Å²) in [5.74, 6) is 0. The second kappa shape index (κ2) is 6.71. The van der Waals surface area contributed by atoms with Gasteiger partial charge in [-0.25, -0.2) is 4.79 Å². The van der Waals surface area contributed by atoms with E-state index >= 15 is 0 Å². The van der Waals surface area contributed by atoms with E-state index < -0.39 is 19.9 Å². The molecular weight excluding hydrogens is 290 g/mol. The number of rotatable bonds is 5. The van der Waals surface area contributed by atoms with Gasteiger partial charge in [-0.3, -0.25) is 0 Å². The van der Waals surface area contributed by atoms with Gasteiger partial charge in [-0.2, -0.15) is 12.6 Å². The molecule has 0 saturated carbocycles. The van der Waals surface area contributed by atoms with Gasteiger partial charge in [0.25, 0.3) is 0 Å². The van der Waals surface area contributed by atoms with Gasteiger partial charge in [0.15, 0.2) is 8.32 Å². The second-order valence-electron chi connectivity index (χ2n) is 7.79. The van der Waals surface area contributed by atoms with Crippen LogP contribution in [0.2, 0.25) is 18.1 Å². The van der Waals surface area contributed by atoms with Crippen molar-refractivity contribution in [1.82, 2.24) is 4.90 Å². The Labute approximate surface area is 130 Å². The average Bonchev–Trinajstić information content (AvgIpc) is 2.19. The lowest BCUT2D eigenvalue weighted by Gasteiger charge is -2.38. The third kappa shape index (κ3) is 6.05. The number of nitrogens with zero attached hydrogens (tertiary/aromatic N) is 1. The number of carbonyl (C=O) groups is 1. The van der Waals surface area contributed by atoms with Crippen LogP contribution in [0.4, 0.5) is 4.79 Å². The highest BCUT2D eigenvalue weighted by atomic mass is 32.1. The summed E-state index contributed by atoms with van der Waals surface area (Å²) >= 11 is 4.50. The first-order valence-corrected chi connectivity index (χ1v) is 10.4. The molecule has 0 radical (unpaired) electrons. The minimum atomic E-state index is -1.81. The van der Waals surface area contributed by atoms with Gasteiger partial charge in [-0.1, -0.05) is 20.8 Å². The van der Waals surface area contributed by atoms with Crippen LogP contribution in [0.5, 0.6) is 0 Å². The van der Waals surface area contributed by atoms with Crippen molar-refractivity contribution in [2.24, 2.45) is 0 Å². The van der Waals surface area contributed by atoms with Crippen LogP contribution in [-0.2, 0) is 4.43 Å². The van der Waals surface area contributed by atoms with Crippen molar-refractivity contribution in [3.8, 4) is 0 Å². The molecule has 0 rings (SSSR count).